The zero-order valence-corrected chi connectivity index (χ0v) is 16.7. The van der Waals surface area contributed by atoms with Crippen LogP contribution in [0.25, 0.3) is 20.8 Å². The van der Waals surface area contributed by atoms with E-state index in [0.717, 1.165) is 21.3 Å². The van der Waals surface area contributed by atoms with Gasteiger partial charge >= 0.3 is 0 Å². The maximum atomic E-state index is 12.5. The van der Waals surface area contributed by atoms with Gasteiger partial charge in [-0.05, 0) is 30.7 Å². The van der Waals surface area contributed by atoms with Gasteiger partial charge < -0.3 is 10.5 Å². The molecule has 3 aromatic heterocycles. The first-order chi connectivity index (χ1) is 13.6. The Balaban J connectivity index is 1.46. The van der Waals surface area contributed by atoms with Crippen LogP contribution in [0.1, 0.15) is 17.5 Å². The minimum absolute atomic E-state index is 0.0794. The summed E-state index contributed by atoms with van der Waals surface area (Å²) < 4.78 is 6.60. The maximum Gasteiger partial charge on any atom is 0.181 e. The number of Topliss-reactive ketones (excluding diaryl/α,β-unsaturated/α-hetero) is 1. The highest BCUT2D eigenvalue weighted by molar-refractivity contribution is 7.22. The highest BCUT2D eigenvalue weighted by Gasteiger charge is 2.15. The van der Waals surface area contributed by atoms with E-state index in [4.69, 9.17) is 10.5 Å². The molecule has 0 fully saturated rings. The smallest absolute Gasteiger partial charge is 0.181 e. The fourth-order valence-corrected chi connectivity index (χ4v) is 4.49. The molecule has 9 heteroatoms. The van der Waals surface area contributed by atoms with Gasteiger partial charge in [0.15, 0.2) is 10.1 Å². The lowest BCUT2D eigenvalue weighted by atomic mass is 10.1. The summed E-state index contributed by atoms with van der Waals surface area (Å²) >= 11 is 2.80. The third-order valence-electron chi connectivity index (χ3n) is 4.00. The average Bonchev–Trinajstić information content (AvgIpc) is 3.27. The highest BCUT2D eigenvalue weighted by atomic mass is 32.1. The number of ether oxygens (including phenoxy) is 1. The molecule has 0 aliphatic rings. The van der Waals surface area contributed by atoms with E-state index in [1.165, 1.54) is 22.7 Å². The molecule has 2 N–H and O–H groups in total. The minimum atomic E-state index is 0.0794. The van der Waals surface area contributed by atoms with Crippen molar-refractivity contribution in [3.8, 4) is 16.3 Å². The van der Waals surface area contributed by atoms with Crippen LogP contribution in [0, 0.1) is 0 Å². The number of thiazole rings is 1. The fourth-order valence-electron chi connectivity index (χ4n) is 2.81. The van der Waals surface area contributed by atoms with Crippen molar-refractivity contribution in [2.24, 2.45) is 0 Å². The molecule has 0 saturated heterocycles. The van der Waals surface area contributed by atoms with E-state index in [0.29, 0.717) is 33.9 Å². The predicted octanol–water partition coefficient (Wildman–Crippen LogP) is 3.55. The second kappa shape index (κ2) is 7.99. The SMILES string of the molecule is CCOc1ccncc1-c1nnc(CC(=O)Cc2ccc3nc(N)sc3c2)s1. The Kier molecular flexibility index (Phi) is 5.27. The van der Waals surface area contributed by atoms with Crippen molar-refractivity contribution < 1.29 is 9.53 Å². The Morgan fingerprint density at radius 2 is 2.07 bits per heavy atom. The Bertz CT molecular complexity index is 1140. The van der Waals surface area contributed by atoms with Crippen LogP contribution in [0.5, 0.6) is 5.75 Å². The van der Waals surface area contributed by atoms with Gasteiger partial charge in [-0.25, -0.2) is 4.98 Å². The summed E-state index contributed by atoms with van der Waals surface area (Å²) in [6.07, 6.45) is 3.95. The molecule has 0 aliphatic carbocycles. The van der Waals surface area contributed by atoms with Crippen LogP contribution in [0.3, 0.4) is 0 Å². The molecule has 0 saturated carbocycles. The van der Waals surface area contributed by atoms with E-state index in [1.54, 1.807) is 18.5 Å². The lowest BCUT2D eigenvalue weighted by Crippen LogP contribution is -2.06. The molecule has 0 radical (unpaired) electrons. The monoisotopic (exact) mass is 411 g/mol. The van der Waals surface area contributed by atoms with Crippen LogP contribution in [-0.2, 0) is 17.6 Å². The number of benzene rings is 1. The molecule has 4 aromatic rings. The summed E-state index contributed by atoms with van der Waals surface area (Å²) in [5.74, 6) is 0.791. The first-order valence-corrected chi connectivity index (χ1v) is 10.3. The molecule has 0 unspecified atom stereocenters. The van der Waals surface area contributed by atoms with Gasteiger partial charge in [-0.1, -0.05) is 28.7 Å². The molecule has 0 bridgehead atoms. The quantitative estimate of drug-likeness (QED) is 0.496. The summed E-state index contributed by atoms with van der Waals surface area (Å²) in [5.41, 5.74) is 8.32. The largest absolute Gasteiger partial charge is 0.493 e. The van der Waals surface area contributed by atoms with Crippen molar-refractivity contribution in [3.05, 3.63) is 47.2 Å². The number of aromatic nitrogens is 4. The summed E-state index contributed by atoms with van der Waals surface area (Å²) in [4.78, 5) is 20.9. The Morgan fingerprint density at radius 3 is 2.93 bits per heavy atom. The topological polar surface area (TPSA) is 104 Å². The Hall–Kier alpha value is -2.91. The van der Waals surface area contributed by atoms with Crippen molar-refractivity contribution in [3.63, 3.8) is 0 Å². The summed E-state index contributed by atoms with van der Waals surface area (Å²) in [6, 6.07) is 7.57. The van der Waals surface area contributed by atoms with E-state index in [-0.39, 0.29) is 12.2 Å². The van der Waals surface area contributed by atoms with Crippen molar-refractivity contribution in [1.29, 1.82) is 0 Å². The summed E-state index contributed by atoms with van der Waals surface area (Å²) in [6.45, 7) is 2.48. The van der Waals surface area contributed by atoms with Crippen LogP contribution < -0.4 is 10.5 Å². The fraction of sp³-hybridized carbons (Fsp3) is 0.211. The first kappa shape index (κ1) is 18.5. The number of nitrogens with zero attached hydrogens (tertiary/aromatic N) is 4. The molecular weight excluding hydrogens is 394 g/mol. The van der Waals surface area contributed by atoms with Crippen LogP contribution in [0.15, 0.2) is 36.7 Å². The molecule has 7 nitrogen and oxygen atoms in total. The zero-order chi connectivity index (χ0) is 19.5. The van der Waals surface area contributed by atoms with Gasteiger partial charge in [0, 0.05) is 18.8 Å². The van der Waals surface area contributed by atoms with Crippen LogP contribution in [0.4, 0.5) is 5.13 Å². The van der Waals surface area contributed by atoms with Crippen molar-refractivity contribution in [2.45, 2.75) is 19.8 Å². The molecular formula is C19H17N5O2S2. The molecule has 1 aromatic carbocycles. The van der Waals surface area contributed by atoms with Gasteiger partial charge in [0.05, 0.1) is 28.8 Å². The molecule has 0 aliphatic heterocycles. The van der Waals surface area contributed by atoms with Gasteiger partial charge in [0.25, 0.3) is 0 Å². The zero-order valence-electron chi connectivity index (χ0n) is 15.1. The minimum Gasteiger partial charge on any atom is -0.493 e. The second-order valence-electron chi connectivity index (χ2n) is 6.05. The molecule has 0 spiro atoms. The van der Waals surface area contributed by atoms with Crippen LogP contribution in [-0.4, -0.2) is 32.6 Å². The number of carbonyl (C=O) groups is 1. The number of carbonyl (C=O) groups excluding carboxylic acids is 1. The maximum absolute atomic E-state index is 12.5. The number of nitrogen functional groups attached to an aromatic ring is 1. The number of hydrogen-bond donors (Lipinski definition) is 1. The number of anilines is 1. The number of fused-ring (bicyclic) bond motifs is 1. The average molecular weight is 412 g/mol. The van der Waals surface area contributed by atoms with E-state index < -0.39 is 0 Å². The molecule has 142 valence electrons. The third-order valence-corrected chi connectivity index (χ3v) is 5.80. The number of hydrogen-bond acceptors (Lipinski definition) is 9. The standard InChI is InChI=1S/C19H17N5O2S2/c1-2-26-15-5-6-21-10-13(15)18-24-23-17(28-18)9-12(25)7-11-3-4-14-16(8-11)27-19(20)22-14/h3-6,8,10H,2,7,9H2,1H3,(H2,20,22). The second-order valence-corrected chi connectivity index (χ2v) is 8.18. The van der Waals surface area contributed by atoms with E-state index >= 15 is 0 Å². The third kappa shape index (κ3) is 4.00. The van der Waals surface area contributed by atoms with Gasteiger partial charge in [-0.2, -0.15) is 0 Å². The number of rotatable bonds is 7. The molecule has 3 heterocycles. The van der Waals surface area contributed by atoms with Crippen molar-refractivity contribution in [1.82, 2.24) is 20.2 Å². The Labute approximate surface area is 169 Å². The van der Waals surface area contributed by atoms with E-state index in [9.17, 15) is 4.79 Å². The van der Waals surface area contributed by atoms with E-state index in [2.05, 4.69) is 20.2 Å². The normalized spacial score (nSPS) is 11.0. The lowest BCUT2D eigenvalue weighted by molar-refractivity contribution is -0.117. The van der Waals surface area contributed by atoms with Crippen molar-refractivity contribution in [2.75, 3.05) is 12.3 Å². The lowest BCUT2D eigenvalue weighted by Gasteiger charge is -2.05. The molecule has 0 amide bonds. The van der Waals surface area contributed by atoms with Crippen molar-refractivity contribution >= 4 is 43.8 Å². The summed E-state index contributed by atoms with van der Waals surface area (Å²) in [7, 11) is 0. The van der Waals surface area contributed by atoms with Gasteiger partial charge in [-0.15, -0.1) is 10.2 Å². The predicted molar refractivity (Wildman–Crippen MR) is 111 cm³/mol. The number of ketones is 1. The molecule has 0 atom stereocenters. The van der Waals surface area contributed by atoms with Crippen LogP contribution >= 0.6 is 22.7 Å². The number of nitrogens with two attached hydrogens (primary N) is 1. The van der Waals surface area contributed by atoms with Crippen LogP contribution in [0.2, 0.25) is 0 Å². The Morgan fingerprint density at radius 1 is 1.18 bits per heavy atom. The highest BCUT2D eigenvalue weighted by Crippen LogP contribution is 2.31. The van der Waals surface area contributed by atoms with Gasteiger partial charge in [0.2, 0.25) is 0 Å². The number of pyridine rings is 1. The molecule has 28 heavy (non-hydrogen) atoms. The van der Waals surface area contributed by atoms with Gasteiger partial charge in [0.1, 0.15) is 16.5 Å². The summed E-state index contributed by atoms with van der Waals surface area (Å²) in [5, 5.41) is 10.3. The van der Waals surface area contributed by atoms with E-state index in [1.807, 2.05) is 25.1 Å². The molecule has 4 rings (SSSR count). The first-order valence-electron chi connectivity index (χ1n) is 8.68. The van der Waals surface area contributed by atoms with Gasteiger partial charge in [-0.3, -0.25) is 9.78 Å².